The number of hydrogen-bond donors (Lipinski definition) is 1. The summed E-state index contributed by atoms with van der Waals surface area (Å²) in [4.78, 5) is 3.70. The van der Waals surface area contributed by atoms with Crippen molar-refractivity contribution in [1.82, 2.24) is 8.96 Å². The molecule has 31 heavy (non-hydrogen) atoms. The van der Waals surface area contributed by atoms with Crippen LogP contribution < -0.4 is 5.73 Å². The van der Waals surface area contributed by atoms with Gasteiger partial charge in [-0.15, -0.1) is 0 Å². The van der Waals surface area contributed by atoms with Crippen molar-refractivity contribution in [3.05, 3.63) is 77.2 Å². The molecule has 2 aromatic carbocycles. The molecule has 156 valence electrons. The first kappa shape index (κ1) is 20.4. The Balaban J connectivity index is 2.11. The molecular weight excluding hydrogens is 429 g/mol. The molecule has 2 heterocycles. The summed E-state index contributed by atoms with van der Waals surface area (Å²) in [7, 11) is -4.30. The number of aryl methyl sites for hydroxylation is 1. The van der Waals surface area contributed by atoms with Crippen molar-refractivity contribution in [1.29, 1.82) is 5.26 Å². The summed E-state index contributed by atoms with van der Waals surface area (Å²) in [5, 5.41) is 9.21. The maximum Gasteiger partial charge on any atom is 0.268 e. The van der Waals surface area contributed by atoms with E-state index < -0.39 is 38.8 Å². The van der Waals surface area contributed by atoms with Gasteiger partial charge < -0.3 is 5.73 Å². The summed E-state index contributed by atoms with van der Waals surface area (Å²) < 4.78 is 69.7. The average molecular weight is 442 g/mol. The van der Waals surface area contributed by atoms with Crippen LogP contribution in [-0.2, 0) is 10.0 Å². The van der Waals surface area contributed by atoms with Gasteiger partial charge in [0.2, 0.25) is 0 Å². The minimum atomic E-state index is -4.30. The van der Waals surface area contributed by atoms with E-state index in [1.54, 1.807) is 25.1 Å². The number of halogens is 3. The number of fused-ring (bicyclic) bond motifs is 1. The van der Waals surface area contributed by atoms with Gasteiger partial charge in [-0.05, 0) is 31.2 Å². The van der Waals surface area contributed by atoms with Gasteiger partial charge in [-0.3, -0.25) is 0 Å². The molecule has 0 fully saturated rings. The van der Waals surface area contributed by atoms with Crippen LogP contribution >= 0.6 is 0 Å². The number of anilines is 1. The summed E-state index contributed by atoms with van der Waals surface area (Å²) in [6.07, 6.45) is 1.02. The summed E-state index contributed by atoms with van der Waals surface area (Å²) in [5.74, 6) is -3.60. The van der Waals surface area contributed by atoms with Gasteiger partial charge >= 0.3 is 0 Å². The van der Waals surface area contributed by atoms with Gasteiger partial charge in [0.25, 0.3) is 10.0 Å². The molecule has 0 aliphatic rings. The molecule has 0 saturated carbocycles. The second-order valence-electron chi connectivity index (χ2n) is 6.80. The van der Waals surface area contributed by atoms with Crippen molar-refractivity contribution < 1.29 is 21.6 Å². The van der Waals surface area contributed by atoms with E-state index in [-0.39, 0.29) is 27.1 Å². The predicted molar refractivity (Wildman–Crippen MR) is 108 cm³/mol. The highest BCUT2D eigenvalue weighted by molar-refractivity contribution is 7.90. The van der Waals surface area contributed by atoms with E-state index in [2.05, 4.69) is 4.98 Å². The Labute approximate surface area is 175 Å². The maximum absolute atomic E-state index is 14.8. The quantitative estimate of drug-likeness (QED) is 0.514. The van der Waals surface area contributed by atoms with Gasteiger partial charge in [-0.2, -0.15) is 5.26 Å². The molecular formula is C21H13F3N4O2S. The zero-order valence-electron chi connectivity index (χ0n) is 15.9. The molecule has 0 radical (unpaired) electrons. The first-order valence-electron chi connectivity index (χ1n) is 8.82. The number of nitrogens with two attached hydrogens (primary N) is 1. The van der Waals surface area contributed by atoms with Gasteiger partial charge in [0.05, 0.1) is 16.2 Å². The fourth-order valence-electron chi connectivity index (χ4n) is 3.24. The third-order valence-electron chi connectivity index (χ3n) is 4.74. The van der Waals surface area contributed by atoms with Crippen LogP contribution in [0.15, 0.2) is 53.6 Å². The Hall–Kier alpha value is -3.84. The van der Waals surface area contributed by atoms with Crippen molar-refractivity contribution in [2.75, 3.05) is 5.73 Å². The van der Waals surface area contributed by atoms with E-state index in [1.807, 2.05) is 0 Å². The Kier molecular flexibility index (Phi) is 4.71. The molecule has 6 nitrogen and oxygen atoms in total. The van der Waals surface area contributed by atoms with Crippen LogP contribution in [0.2, 0.25) is 0 Å². The number of benzene rings is 2. The standard InChI is InChI=1S/C21H13F3N4O2S/c1-11-2-4-14(5-3-11)31(29,30)28-10-16(15-7-13(22)8-17(23)20(15)28)19-12(9-25)6-18(24)21(26)27-19/h2-8,10H,1H3,(H2,26,27). The lowest BCUT2D eigenvalue weighted by molar-refractivity contribution is 0.579. The minimum Gasteiger partial charge on any atom is -0.381 e. The minimum absolute atomic E-state index is 0.0904. The van der Waals surface area contributed by atoms with E-state index in [1.165, 1.54) is 12.1 Å². The Morgan fingerprint density at radius 3 is 2.39 bits per heavy atom. The number of nitrogens with zero attached hydrogens (tertiary/aromatic N) is 3. The van der Waals surface area contributed by atoms with E-state index in [0.717, 1.165) is 23.9 Å². The Morgan fingerprint density at radius 2 is 1.74 bits per heavy atom. The van der Waals surface area contributed by atoms with Crippen LogP contribution in [0.5, 0.6) is 0 Å². The summed E-state index contributed by atoms with van der Waals surface area (Å²) in [6.45, 7) is 1.77. The number of nitriles is 1. The van der Waals surface area contributed by atoms with Crippen molar-refractivity contribution in [2.24, 2.45) is 0 Å². The van der Waals surface area contributed by atoms with Crippen LogP contribution in [0.25, 0.3) is 22.2 Å². The first-order chi connectivity index (χ1) is 14.6. The highest BCUT2D eigenvalue weighted by atomic mass is 32.2. The molecule has 2 aromatic heterocycles. The van der Waals surface area contributed by atoms with E-state index in [0.29, 0.717) is 10.0 Å². The largest absolute Gasteiger partial charge is 0.381 e. The lowest BCUT2D eigenvalue weighted by Gasteiger charge is -2.08. The maximum atomic E-state index is 14.8. The summed E-state index contributed by atoms with van der Waals surface area (Å²) in [6, 6.07) is 9.88. The van der Waals surface area contributed by atoms with Gasteiger partial charge in [-0.1, -0.05) is 17.7 Å². The second kappa shape index (κ2) is 7.14. The third kappa shape index (κ3) is 3.29. The van der Waals surface area contributed by atoms with Gasteiger partial charge in [0, 0.05) is 23.2 Å². The van der Waals surface area contributed by atoms with Crippen molar-refractivity contribution in [2.45, 2.75) is 11.8 Å². The fourth-order valence-corrected chi connectivity index (χ4v) is 4.62. The van der Waals surface area contributed by atoms with Gasteiger partial charge in [0.1, 0.15) is 17.4 Å². The lowest BCUT2D eigenvalue weighted by atomic mass is 10.0. The van der Waals surface area contributed by atoms with Crippen LogP contribution in [-0.4, -0.2) is 17.4 Å². The molecule has 0 atom stereocenters. The zero-order valence-corrected chi connectivity index (χ0v) is 16.7. The smallest absolute Gasteiger partial charge is 0.268 e. The van der Waals surface area contributed by atoms with E-state index in [4.69, 9.17) is 5.73 Å². The fraction of sp³-hybridized carbons (Fsp3) is 0.0476. The predicted octanol–water partition coefficient (Wildman–Crippen LogP) is 4.12. The van der Waals surface area contributed by atoms with Crippen LogP contribution in [0, 0.1) is 35.7 Å². The number of pyridine rings is 1. The van der Waals surface area contributed by atoms with Crippen LogP contribution in [0.3, 0.4) is 0 Å². The number of rotatable bonds is 3. The molecule has 0 aliphatic carbocycles. The van der Waals surface area contributed by atoms with E-state index in [9.17, 15) is 26.9 Å². The van der Waals surface area contributed by atoms with Crippen molar-refractivity contribution in [3.8, 4) is 17.3 Å². The van der Waals surface area contributed by atoms with Crippen molar-refractivity contribution in [3.63, 3.8) is 0 Å². The molecule has 10 heteroatoms. The highest BCUT2D eigenvalue weighted by Gasteiger charge is 2.26. The molecule has 0 bridgehead atoms. The highest BCUT2D eigenvalue weighted by Crippen LogP contribution is 2.36. The molecule has 0 amide bonds. The SMILES string of the molecule is Cc1ccc(S(=O)(=O)n2cc(-c3nc(N)c(F)cc3C#N)c3cc(F)cc(F)c32)cc1. The van der Waals surface area contributed by atoms with Crippen molar-refractivity contribution >= 4 is 26.7 Å². The van der Waals surface area contributed by atoms with E-state index >= 15 is 0 Å². The molecule has 0 aliphatic heterocycles. The molecule has 0 unspecified atom stereocenters. The van der Waals surface area contributed by atoms with Crippen LogP contribution in [0.1, 0.15) is 11.1 Å². The molecule has 2 N–H and O–H groups in total. The second-order valence-corrected chi connectivity index (χ2v) is 8.62. The molecule has 4 aromatic rings. The summed E-state index contributed by atoms with van der Waals surface area (Å²) in [5.41, 5.74) is 5.32. The zero-order chi connectivity index (χ0) is 22.5. The Bertz CT molecular complexity index is 1500. The normalized spacial score (nSPS) is 11.6. The Morgan fingerprint density at radius 1 is 1.06 bits per heavy atom. The monoisotopic (exact) mass is 442 g/mol. The topological polar surface area (TPSA) is 102 Å². The van der Waals surface area contributed by atoms with Crippen LogP contribution in [0.4, 0.5) is 19.0 Å². The average Bonchev–Trinajstić information content (AvgIpc) is 3.10. The molecule has 0 spiro atoms. The number of nitrogen functional groups attached to an aromatic ring is 1. The molecule has 0 saturated heterocycles. The third-order valence-corrected chi connectivity index (χ3v) is 6.42. The van der Waals surface area contributed by atoms with Gasteiger partial charge in [0.15, 0.2) is 17.5 Å². The first-order valence-corrected chi connectivity index (χ1v) is 10.3. The van der Waals surface area contributed by atoms with Gasteiger partial charge in [-0.25, -0.2) is 30.5 Å². The molecule has 4 rings (SSSR count). The lowest BCUT2D eigenvalue weighted by Crippen LogP contribution is -2.12. The number of aromatic nitrogens is 2. The number of hydrogen-bond acceptors (Lipinski definition) is 5. The summed E-state index contributed by atoms with van der Waals surface area (Å²) >= 11 is 0.